The van der Waals surface area contributed by atoms with E-state index in [1.165, 1.54) is 0 Å². The number of anilines is 2. The van der Waals surface area contributed by atoms with E-state index in [4.69, 9.17) is 31.3 Å². The molecular weight excluding hydrogens is 212 g/mol. The third-order valence-electron chi connectivity index (χ3n) is 0.911. The van der Waals surface area contributed by atoms with Crippen molar-refractivity contribution in [1.82, 2.24) is 0 Å². The molecule has 0 heterocycles. The molecule has 16 heavy (non-hydrogen) atoms. The van der Waals surface area contributed by atoms with E-state index in [0.29, 0.717) is 11.4 Å². The first-order valence-electron chi connectivity index (χ1n) is 4.25. The highest BCUT2D eigenvalue weighted by atomic mass is 16.4. The average molecular weight is 228 g/mol. The zero-order valence-corrected chi connectivity index (χ0v) is 9.18. The number of aliphatic carboxylic acids is 2. The lowest BCUT2D eigenvalue weighted by atomic mass is 10.3. The summed E-state index contributed by atoms with van der Waals surface area (Å²) in [7, 11) is 0. The molecule has 6 nitrogen and oxygen atoms in total. The van der Waals surface area contributed by atoms with Crippen molar-refractivity contribution in [2.45, 2.75) is 13.8 Å². The molecule has 0 unspecified atom stereocenters. The summed E-state index contributed by atoms with van der Waals surface area (Å²) < 4.78 is 0. The monoisotopic (exact) mass is 228 g/mol. The van der Waals surface area contributed by atoms with Crippen LogP contribution in [0.1, 0.15) is 13.8 Å². The molecule has 1 aromatic rings. The van der Waals surface area contributed by atoms with Crippen molar-refractivity contribution < 1.29 is 19.8 Å². The molecule has 0 atom stereocenters. The number of carboxylic acid groups (broad SMARTS) is 2. The SMILES string of the molecule is CC(=O)O.CC(=O)O.Nc1cccc(N)c1. The van der Waals surface area contributed by atoms with Crippen LogP contribution in [-0.4, -0.2) is 22.2 Å². The molecule has 0 saturated heterocycles. The summed E-state index contributed by atoms with van der Waals surface area (Å²) in [6.45, 7) is 2.17. The Hall–Kier alpha value is -2.24. The Labute approximate surface area is 93.5 Å². The van der Waals surface area contributed by atoms with Crippen LogP contribution in [0.3, 0.4) is 0 Å². The van der Waals surface area contributed by atoms with Gasteiger partial charge in [0, 0.05) is 25.2 Å². The summed E-state index contributed by atoms with van der Waals surface area (Å²) in [5.41, 5.74) is 12.2. The van der Waals surface area contributed by atoms with Gasteiger partial charge in [-0.1, -0.05) is 6.07 Å². The summed E-state index contributed by atoms with van der Waals surface area (Å²) >= 11 is 0. The van der Waals surface area contributed by atoms with Crippen LogP contribution < -0.4 is 11.5 Å². The van der Waals surface area contributed by atoms with E-state index in [9.17, 15) is 0 Å². The molecule has 0 aliphatic rings. The first-order chi connectivity index (χ1) is 7.25. The van der Waals surface area contributed by atoms with E-state index in [0.717, 1.165) is 13.8 Å². The lowest BCUT2D eigenvalue weighted by Gasteiger charge is -1.91. The summed E-state index contributed by atoms with van der Waals surface area (Å²) in [5.74, 6) is -1.67. The van der Waals surface area contributed by atoms with Crippen molar-refractivity contribution >= 4 is 23.3 Å². The Morgan fingerprint density at radius 1 is 1.00 bits per heavy atom. The van der Waals surface area contributed by atoms with E-state index < -0.39 is 11.9 Å². The Kier molecular flexibility index (Phi) is 9.44. The summed E-state index contributed by atoms with van der Waals surface area (Å²) in [5, 5.41) is 14.8. The minimum absolute atomic E-state index is 0.713. The number of hydrogen-bond donors (Lipinski definition) is 4. The molecule has 0 bridgehead atoms. The second-order valence-electron chi connectivity index (χ2n) is 2.71. The topological polar surface area (TPSA) is 127 Å². The maximum atomic E-state index is 9.00. The van der Waals surface area contributed by atoms with Gasteiger partial charge in [0.2, 0.25) is 0 Å². The fourth-order valence-corrected chi connectivity index (χ4v) is 0.559. The number of nitrogen functional groups attached to an aromatic ring is 2. The van der Waals surface area contributed by atoms with Crippen LogP contribution in [0.5, 0.6) is 0 Å². The second kappa shape index (κ2) is 9.32. The van der Waals surface area contributed by atoms with E-state index in [-0.39, 0.29) is 0 Å². The highest BCUT2D eigenvalue weighted by Crippen LogP contribution is 2.06. The Morgan fingerprint density at radius 2 is 1.25 bits per heavy atom. The third-order valence-corrected chi connectivity index (χ3v) is 0.911. The maximum Gasteiger partial charge on any atom is 0.300 e. The Balaban J connectivity index is 0. The smallest absolute Gasteiger partial charge is 0.300 e. The molecule has 1 rings (SSSR count). The Bertz CT molecular complexity index is 302. The van der Waals surface area contributed by atoms with Crippen LogP contribution in [0, 0.1) is 0 Å². The number of carbonyl (C=O) groups is 2. The average Bonchev–Trinajstić information content (AvgIpc) is 2.00. The molecule has 6 heteroatoms. The molecule has 0 radical (unpaired) electrons. The minimum Gasteiger partial charge on any atom is -0.481 e. The zero-order chi connectivity index (χ0) is 13.1. The van der Waals surface area contributed by atoms with Crippen LogP contribution in [0.25, 0.3) is 0 Å². The van der Waals surface area contributed by atoms with Crippen molar-refractivity contribution in [1.29, 1.82) is 0 Å². The zero-order valence-electron chi connectivity index (χ0n) is 9.18. The van der Waals surface area contributed by atoms with Gasteiger partial charge in [0.05, 0.1) is 0 Å². The van der Waals surface area contributed by atoms with Crippen LogP contribution in [0.4, 0.5) is 11.4 Å². The number of nitrogens with two attached hydrogens (primary N) is 2. The molecule has 0 spiro atoms. The quantitative estimate of drug-likeness (QED) is 0.491. The minimum atomic E-state index is -0.833. The van der Waals surface area contributed by atoms with Gasteiger partial charge in [0.1, 0.15) is 0 Å². The number of benzene rings is 1. The van der Waals surface area contributed by atoms with Crippen molar-refractivity contribution in [2.75, 3.05) is 11.5 Å². The van der Waals surface area contributed by atoms with Crippen LogP contribution in [0.2, 0.25) is 0 Å². The number of hydrogen-bond acceptors (Lipinski definition) is 4. The molecule has 0 amide bonds. The van der Waals surface area contributed by atoms with Crippen LogP contribution >= 0.6 is 0 Å². The molecular formula is C10H16N2O4. The lowest BCUT2D eigenvalue weighted by molar-refractivity contribution is -0.135. The molecule has 1 aromatic carbocycles. The molecule has 0 aromatic heterocycles. The van der Waals surface area contributed by atoms with Gasteiger partial charge >= 0.3 is 0 Å². The van der Waals surface area contributed by atoms with E-state index in [2.05, 4.69) is 0 Å². The predicted molar refractivity (Wildman–Crippen MR) is 61.9 cm³/mol. The number of carboxylic acids is 2. The van der Waals surface area contributed by atoms with Crippen molar-refractivity contribution in [3.63, 3.8) is 0 Å². The molecule has 0 saturated carbocycles. The first-order valence-corrected chi connectivity index (χ1v) is 4.25. The molecule has 6 N–H and O–H groups in total. The van der Waals surface area contributed by atoms with Crippen molar-refractivity contribution in [3.05, 3.63) is 24.3 Å². The van der Waals surface area contributed by atoms with Gasteiger partial charge in [0.25, 0.3) is 11.9 Å². The van der Waals surface area contributed by atoms with Gasteiger partial charge in [-0.2, -0.15) is 0 Å². The van der Waals surface area contributed by atoms with Gasteiger partial charge in [-0.05, 0) is 18.2 Å². The largest absolute Gasteiger partial charge is 0.481 e. The van der Waals surface area contributed by atoms with Gasteiger partial charge in [-0.3, -0.25) is 9.59 Å². The fourth-order valence-electron chi connectivity index (χ4n) is 0.559. The van der Waals surface area contributed by atoms with E-state index in [1.807, 2.05) is 6.07 Å². The van der Waals surface area contributed by atoms with Crippen LogP contribution in [-0.2, 0) is 9.59 Å². The van der Waals surface area contributed by atoms with E-state index in [1.54, 1.807) is 18.2 Å². The van der Waals surface area contributed by atoms with Crippen molar-refractivity contribution in [2.24, 2.45) is 0 Å². The first kappa shape index (κ1) is 16.2. The van der Waals surface area contributed by atoms with Gasteiger partial charge in [-0.25, -0.2) is 0 Å². The molecule has 0 fully saturated rings. The van der Waals surface area contributed by atoms with E-state index >= 15 is 0 Å². The molecule has 0 aliphatic heterocycles. The summed E-state index contributed by atoms with van der Waals surface area (Å²) in [6.07, 6.45) is 0. The maximum absolute atomic E-state index is 9.00. The van der Waals surface area contributed by atoms with Gasteiger partial charge in [0.15, 0.2) is 0 Å². The second-order valence-corrected chi connectivity index (χ2v) is 2.71. The number of rotatable bonds is 0. The highest BCUT2D eigenvalue weighted by molar-refractivity contribution is 5.63. The van der Waals surface area contributed by atoms with Gasteiger partial charge in [-0.15, -0.1) is 0 Å². The molecule has 0 aliphatic carbocycles. The predicted octanol–water partition coefficient (Wildman–Crippen LogP) is 1.03. The molecule has 90 valence electrons. The highest BCUT2D eigenvalue weighted by Gasteiger charge is 1.81. The standard InChI is InChI=1S/C6H8N2.2C2H4O2/c7-5-2-1-3-6(8)4-5;2*1-2(3)4/h1-4H,7-8H2;2*1H3,(H,3,4). The Morgan fingerprint density at radius 3 is 1.38 bits per heavy atom. The van der Waals surface area contributed by atoms with Gasteiger partial charge < -0.3 is 21.7 Å². The fraction of sp³-hybridized carbons (Fsp3) is 0.200. The summed E-state index contributed by atoms with van der Waals surface area (Å²) in [6, 6.07) is 7.15. The van der Waals surface area contributed by atoms with Crippen molar-refractivity contribution in [3.8, 4) is 0 Å². The summed E-state index contributed by atoms with van der Waals surface area (Å²) in [4.78, 5) is 18.0. The lowest BCUT2D eigenvalue weighted by Crippen LogP contribution is -1.87. The van der Waals surface area contributed by atoms with Crippen LogP contribution in [0.15, 0.2) is 24.3 Å². The third kappa shape index (κ3) is 22.6. The normalized spacial score (nSPS) is 7.62.